The van der Waals surface area contributed by atoms with Gasteiger partial charge in [-0.05, 0) is 41.8 Å². The van der Waals surface area contributed by atoms with Crippen molar-refractivity contribution in [2.45, 2.75) is 6.92 Å². The van der Waals surface area contributed by atoms with E-state index in [1.807, 2.05) is 92.1 Å². The maximum Gasteiger partial charge on any atom is 0.128 e. The molecule has 0 fully saturated rings. The fourth-order valence-electron chi connectivity index (χ4n) is 5.84. The first-order chi connectivity index (χ1) is 22.3. The minimum Gasteiger partial charge on any atom is -0.500 e. The van der Waals surface area contributed by atoms with Crippen molar-refractivity contribution in [3.63, 3.8) is 0 Å². The van der Waals surface area contributed by atoms with Gasteiger partial charge in [0.1, 0.15) is 5.58 Å². The van der Waals surface area contributed by atoms with Crippen molar-refractivity contribution in [3.05, 3.63) is 158 Å². The Labute approximate surface area is 279 Å². The third-order valence-electron chi connectivity index (χ3n) is 7.96. The van der Waals surface area contributed by atoms with Crippen LogP contribution in [0.1, 0.15) is 5.56 Å². The van der Waals surface area contributed by atoms with Gasteiger partial charge in [0.2, 0.25) is 0 Å². The van der Waals surface area contributed by atoms with E-state index < -0.39 is 0 Å². The molecule has 5 aromatic carbocycles. The molecule has 9 rings (SSSR count). The summed E-state index contributed by atoms with van der Waals surface area (Å²) in [5.74, 6) is 0.793. The predicted octanol–water partition coefficient (Wildman–Crippen LogP) is 9.79. The van der Waals surface area contributed by atoms with Gasteiger partial charge in [-0.15, -0.1) is 54.1 Å². The normalized spacial score (nSPS) is 11.0. The van der Waals surface area contributed by atoms with Gasteiger partial charge in [-0.25, -0.2) is 0 Å². The zero-order valence-corrected chi connectivity index (χ0v) is 27.2. The van der Waals surface area contributed by atoms with Crippen molar-refractivity contribution in [1.29, 1.82) is 0 Å². The maximum atomic E-state index is 6.57. The van der Waals surface area contributed by atoms with Crippen LogP contribution in [0.15, 0.2) is 144 Å². The molecule has 0 N–H and O–H groups in total. The minimum atomic E-state index is 0. The van der Waals surface area contributed by atoms with Gasteiger partial charge in [-0.1, -0.05) is 77.7 Å². The van der Waals surface area contributed by atoms with Crippen LogP contribution >= 0.6 is 0 Å². The molecule has 0 aliphatic carbocycles. The Morgan fingerprint density at radius 3 is 2.30 bits per heavy atom. The average Bonchev–Trinajstić information content (AvgIpc) is 3.70. The van der Waals surface area contributed by atoms with Crippen molar-refractivity contribution < 1.29 is 24.5 Å². The SMILES string of the molecule is Cc1cncc2c1nc(-c1[c-]ccc3c1oc1c4ccccc4ccc31)n2-c1ccccc1.[Ir].[c-]1ccccc1-c1ccccn1. The number of fused-ring (bicyclic) bond motifs is 6. The van der Waals surface area contributed by atoms with Crippen LogP contribution in [0.2, 0.25) is 0 Å². The summed E-state index contributed by atoms with van der Waals surface area (Å²) < 4.78 is 8.71. The molecule has 0 saturated carbocycles. The summed E-state index contributed by atoms with van der Waals surface area (Å²) in [5.41, 5.74) is 8.48. The smallest absolute Gasteiger partial charge is 0.128 e. The Kier molecular flexibility index (Phi) is 7.98. The molecule has 5 nitrogen and oxygen atoms in total. The number of aryl methyl sites for hydroxylation is 1. The molecule has 4 heterocycles. The van der Waals surface area contributed by atoms with Crippen molar-refractivity contribution >= 4 is 43.7 Å². The van der Waals surface area contributed by atoms with Gasteiger partial charge in [0.05, 0.1) is 28.6 Å². The molecule has 223 valence electrons. The Hall–Kier alpha value is -5.42. The predicted molar refractivity (Wildman–Crippen MR) is 181 cm³/mol. The summed E-state index contributed by atoms with van der Waals surface area (Å²) in [5, 5.41) is 4.42. The number of nitrogens with zero attached hydrogens (tertiary/aromatic N) is 4. The van der Waals surface area contributed by atoms with Gasteiger partial charge < -0.3 is 14.0 Å². The summed E-state index contributed by atoms with van der Waals surface area (Å²) in [4.78, 5) is 13.7. The van der Waals surface area contributed by atoms with E-state index in [2.05, 4.69) is 75.2 Å². The third-order valence-corrected chi connectivity index (χ3v) is 7.96. The molecule has 0 unspecified atom stereocenters. The van der Waals surface area contributed by atoms with Crippen molar-refractivity contribution in [2.75, 3.05) is 0 Å². The van der Waals surface area contributed by atoms with Crippen molar-refractivity contribution in [3.8, 4) is 28.3 Å². The molecule has 0 atom stereocenters. The number of aromatic nitrogens is 4. The Morgan fingerprint density at radius 1 is 0.674 bits per heavy atom. The van der Waals surface area contributed by atoms with Gasteiger partial charge in [0.25, 0.3) is 0 Å². The molecule has 9 aromatic rings. The van der Waals surface area contributed by atoms with Crippen molar-refractivity contribution in [2.24, 2.45) is 0 Å². The Morgan fingerprint density at radius 2 is 1.48 bits per heavy atom. The second-order valence-electron chi connectivity index (χ2n) is 10.8. The van der Waals surface area contributed by atoms with Crippen LogP contribution in [0.4, 0.5) is 0 Å². The summed E-state index contributed by atoms with van der Waals surface area (Å²) >= 11 is 0. The molecule has 0 amide bonds. The summed E-state index contributed by atoms with van der Waals surface area (Å²) in [6.07, 6.45) is 5.51. The fraction of sp³-hybridized carbons (Fsp3) is 0.0250. The molecular formula is C40H26IrN4O-2. The summed E-state index contributed by atoms with van der Waals surface area (Å²) in [6.45, 7) is 2.04. The molecule has 46 heavy (non-hydrogen) atoms. The van der Waals surface area contributed by atoms with E-state index in [1.54, 1.807) is 6.20 Å². The van der Waals surface area contributed by atoms with E-state index in [1.165, 1.54) is 0 Å². The number of rotatable bonds is 3. The number of imidazole rings is 1. The first kappa shape index (κ1) is 29.3. The molecule has 4 aromatic heterocycles. The van der Waals surface area contributed by atoms with Gasteiger partial charge >= 0.3 is 0 Å². The van der Waals surface area contributed by atoms with Gasteiger partial charge in [-0.2, -0.15) is 0 Å². The largest absolute Gasteiger partial charge is 0.500 e. The Balaban J connectivity index is 0.000000220. The van der Waals surface area contributed by atoms with Crippen LogP contribution < -0.4 is 0 Å². The standard InChI is InChI=1S/C29H18N3O.C11H8N.Ir/c1-18-16-30-17-25-26(18)31-29(32(25)20-9-3-2-4-10-20)24-13-7-12-22-23-15-14-19-8-5-6-11-21(19)27(23)33-28(22)24;1-2-6-10(7-3-1)11-8-4-5-9-12-11;/h2-12,14-17H,1H3;1-6,8-9H;/q2*-1;. The maximum absolute atomic E-state index is 6.57. The molecule has 0 aliphatic heterocycles. The molecule has 0 spiro atoms. The number of para-hydroxylation sites is 1. The molecule has 0 aliphatic rings. The van der Waals surface area contributed by atoms with E-state index in [-0.39, 0.29) is 20.1 Å². The Bertz CT molecular complexity index is 2400. The monoisotopic (exact) mass is 771 g/mol. The van der Waals surface area contributed by atoms with Crippen LogP contribution in [-0.2, 0) is 20.1 Å². The third kappa shape index (κ3) is 5.18. The second-order valence-corrected chi connectivity index (χ2v) is 10.8. The van der Waals surface area contributed by atoms with E-state index in [0.29, 0.717) is 0 Å². The number of pyridine rings is 2. The summed E-state index contributed by atoms with van der Waals surface area (Å²) in [6, 6.07) is 47.1. The number of furan rings is 1. The van der Waals surface area contributed by atoms with E-state index in [0.717, 1.165) is 77.6 Å². The van der Waals surface area contributed by atoms with Crippen LogP contribution in [0.3, 0.4) is 0 Å². The van der Waals surface area contributed by atoms with Crippen LogP contribution in [0, 0.1) is 19.1 Å². The van der Waals surface area contributed by atoms with Crippen LogP contribution in [0.5, 0.6) is 0 Å². The minimum absolute atomic E-state index is 0. The number of hydrogen-bond acceptors (Lipinski definition) is 4. The first-order valence-electron chi connectivity index (χ1n) is 14.8. The zero-order chi connectivity index (χ0) is 30.2. The molecule has 0 bridgehead atoms. The average molecular weight is 771 g/mol. The van der Waals surface area contributed by atoms with Gasteiger partial charge in [-0.3, -0.25) is 9.97 Å². The van der Waals surface area contributed by atoms with E-state index >= 15 is 0 Å². The van der Waals surface area contributed by atoms with Crippen LogP contribution in [0.25, 0.3) is 72.1 Å². The quantitative estimate of drug-likeness (QED) is 0.168. The van der Waals surface area contributed by atoms with E-state index in [9.17, 15) is 0 Å². The fourth-order valence-corrected chi connectivity index (χ4v) is 5.84. The number of hydrogen-bond donors (Lipinski definition) is 0. The molecule has 0 saturated heterocycles. The topological polar surface area (TPSA) is 56.7 Å². The number of benzene rings is 5. The first-order valence-corrected chi connectivity index (χ1v) is 14.8. The second kappa shape index (κ2) is 12.5. The van der Waals surface area contributed by atoms with Gasteiger partial charge in [0, 0.05) is 49.0 Å². The van der Waals surface area contributed by atoms with Gasteiger partial charge in [0.15, 0.2) is 0 Å². The molecule has 6 heteroatoms. The molecule has 1 radical (unpaired) electrons. The zero-order valence-electron chi connectivity index (χ0n) is 24.8. The van der Waals surface area contributed by atoms with E-state index in [4.69, 9.17) is 9.40 Å². The molecular weight excluding hydrogens is 745 g/mol. The van der Waals surface area contributed by atoms with Crippen molar-refractivity contribution in [1.82, 2.24) is 19.5 Å². The summed E-state index contributed by atoms with van der Waals surface area (Å²) in [7, 11) is 0. The van der Waals surface area contributed by atoms with Crippen LogP contribution in [-0.4, -0.2) is 19.5 Å².